The van der Waals surface area contributed by atoms with Crippen LogP contribution in [-0.4, -0.2) is 62.9 Å². The standard InChI is InChI=1S/C45H43Cl2N3O8/c1-54-38-16-15-32(22-40(38)55-2)39(23-35-36(46)24-48-25-37(35)47)57-44(52)31-13-11-28(12-14-31)27-56-43(51)34-10-6-9-33(21-34)42(30-7-4-3-5-8-30)49-45(53)58-41-26-50-19-17-29(41)18-20-50/h3-16,21-22,24-25,29,39,41-42H,17-20,23,26-27H2,1-2H3,(H,49,53)/p+1/t39-,41-,42-/m0/s1. The number of ether oxygens (including phenoxy) is 5. The summed E-state index contributed by atoms with van der Waals surface area (Å²) >= 11 is 13.0. The summed E-state index contributed by atoms with van der Waals surface area (Å²) in [5.74, 6) is 0.249. The number of fused-ring (bicyclic) bond motifs is 3. The second-order valence-electron chi connectivity index (χ2n) is 14.3. The van der Waals surface area contributed by atoms with Crippen LogP contribution in [0.5, 0.6) is 11.5 Å². The number of pyridine rings is 1. The average Bonchev–Trinajstić information content (AvgIpc) is 3.26. The average molecular weight is 826 g/mol. The number of carbonyl (C=O) groups excluding carboxylic acids is 3. The Labute approximate surface area is 347 Å². The van der Waals surface area contributed by atoms with Gasteiger partial charge in [0.15, 0.2) is 23.9 Å². The maximum atomic E-state index is 13.5. The van der Waals surface area contributed by atoms with E-state index in [4.69, 9.17) is 46.9 Å². The molecular weight excluding hydrogens is 781 g/mol. The first-order valence-electron chi connectivity index (χ1n) is 19.1. The normalized spacial score (nSPS) is 18.0. The number of halogens is 2. The van der Waals surface area contributed by atoms with Crippen LogP contribution in [0, 0.1) is 5.92 Å². The van der Waals surface area contributed by atoms with Crippen molar-refractivity contribution in [2.24, 2.45) is 5.92 Å². The molecule has 0 spiro atoms. The van der Waals surface area contributed by atoms with Crippen LogP contribution in [0.2, 0.25) is 10.0 Å². The van der Waals surface area contributed by atoms with Crippen molar-refractivity contribution in [2.45, 2.75) is 44.1 Å². The lowest BCUT2D eigenvalue weighted by Crippen LogP contribution is -2.52. The van der Waals surface area contributed by atoms with Crippen molar-refractivity contribution < 1.29 is 43.1 Å². The molecule has 3 saturated heterocycles. The lowest BCUT2D eigenvalue weighted by Gasteiger charge is -2.43. The van der Waals surface area contributed by atoms with Gasteiger partial charge in [-0.25, -0.2) is 19.4 Å². The highest BCUT2D eigenvalue weighted by molar-refractivity contribution is 6.35. The minimum absolute atomic E-state index is 0.0407. The number of benzene rings is 4. The molecule has 4 heterocycles. The maximum absolute atomic E-state index is 13.5. The Hall–Kier alpha value is -5.62. The molecule has 3 aliphatic rings. The van der Waals surface area contributed by atoms with Crippen molar-refractivity contribution in [3.05, 3.63) is 158 Å². The van der Waals surface area contributed by atoms with Crippen molar-refractivity contribution in [3.63, 3.8) is 0 Å². The summed E-state index contributed by atoms with van der Waals surface area (Å²) < 4.78 is 28.6. The molecule has 1 aromatic heterocycles. The van der Waals surface area contributed by atoms with E-state index in [-0.39, 0.29) is 19.1 Å². The molecule has 2 bridgehead atoms. The number of nitrogens with zero attached hydrogens (tertiary/aromatic N) is 1. The molecule has 5 aromatic rings. The number of alkyl carbamates (subject to hydrolysis) is 1. The third-order valence-electron chi connectivity index (χ3n) is 10.7. The van der Waals surface area contributed by atoms with E-state index in [9.17, 15) is 14.4 Å². The van der Waals surface area contributed by atoms with Crippen LogP contribution < -0.4 is 19.8 Å². The molecular formula is C45H44Cl2N3O8+. The molecule has 3 fully saturated rings. The van der Waals surface area contributed by atoms with Gasteiger partial charge in [0.2, 0.25) is 0 Å². The van der Waals surface area contributed by atoms with Gasteiger partial charge in [0.1, 0.15) is 28.9 Å². The predicted molar refractivity (Wildman–Crippen MR) is 217 cm³/mol. The number of amides is 1. The molecule has 58 heavy (non-hydrogen) atoms. The fraction of sp³-hybridized carbons (Fsp3) is 0.289. The Balaban J connectivity index is 1.00. The zero-order valence-electron chi connectivity index (χ0n) is 32.1. The summed E-state index contributed by atoms with van der Waals surface area (Å²) in [6.07, 6.45) is 4.05. The van der Waals surface area contributed by atoms with E-state index < -0.39 is 30.2 Å². The lowest BCUT2D eigenvalue weighted by atomic mass is 9.86. The van der Waals surface area contributed by atoms with Gasteiger partial charge in [-0.1, -0.05) is 83.9 Å². The van der Waals surface area contributed by atoms with Crippen molar-refractivity contribution >= 4 is 41.2 Å². The van der Waals surface area contributed by atoms with Crippen molar-refractivity contribution in [1.29, 1.82) is 0 Å². The van der Waals surface area contributed by atoms with Crippen LogP contribution in [0.3, 0.4) is 0 Å². The van der Waals surface area contributed by atoms with Crippen LogP contribution >= 0.6 is 23.2 Å². The summed E-state index contributed by atoms with van der Waals surface area (Å²) in [6, 6.07) is 27.9. The summed E-state index contributed by atoms with van der Waals surface area (Å²) in [5, 5.41) is 3.84. The lowest BCUT2D eigenvalue weighted by molar-refractivity contribution is -0.377. The molecule has 1 amide bonds. The minimum atomic E-state index is -0.784. The molecule has 0 aliphatic carbocycles. The molecule has 0 unspecified atom stereocenters. The van der Waals surface area contributed by atoms with E-state index in [1.165, 1.54) is 14.2 Å². The fourth-order valence-electron chi connectivity index (χ4n) is 7.49. The number of methoxy groups -OCH3 is 2. The Morgan fingerprint density at radius 2 is 1.48 bits per heavy atom. The van der Waals surface area contributed by atoms with E-state index >= 15 is 0 Å². The predicted octanol–water partition coefficient (Wildman–Crippen LogP) is 8.23. The number of aromatic amines is 1. The van der Waals surface area contributed by atoms with Crippen LogP contribution in [0.25, 0.3) is 0 Å². The van der Waals surface area contributed by atoms with Gasteiger partial charge in [-0.2, -0.15) is 0 Å². The monoisotopic (exact) mass is 824 g/mol. The van der Waals surface area contributed by atoms with E-state index in [1.54, 1.807) is 73.1 Å². The van der Waals surface area contributed by atoms with Crippen molar-refractivity contribution in [2.75, 3.05) is 33.9 Å². The number of hydrogen-bond donors (Lipinski definition) is 1. The Morgan fingerprint density at radius 1 is 0.776 bits per heavy atom. The first-order valence-corrected chi connectivity index (χ1v) is 19.8. The van der Waals surface area contributed by atoms with E-state index in [1.807, 2.05) is 36.4 Å². The van der Waals surface area contributed by atoms with Gasteiger partial charge in [0.05, 0.1) is 31.4 Å². The largest absolute Gasteiger partial charge is 0.493 e. The number of esters is 2. The molecule has 0 radical (unpaired) electrons. The fourth-order valence-corrected chi connectivity index (χ4v) is 8.02. The summed E-state index contributed by atoms with van der Waals surface area (Å²) in [7, 11) is 3.07. The van der Waals surface area contributed by atoms with Gasteiger partial charge in [-0.15, -0.1) is 0 Å². The van der Waals surface area contributed by atoms with Crippen LogP contribution in [0.1, 0.15) is 73.5 Å². The number of hydrogen-bond acceptors (Lipinski definition) is 9. The highest BCUT2D eigenvalue weighted by Crippen LogP contribution is 2.36. The second kappa shape index (κ2) is 18.8. The van der Waals surface area contributed by atoms with Crippen LogP contribution in [-0.2, 0) is 27.2 Å². The van der Waals surface area contributed by atoms with E-state index in [0.717, 1.165) is 38.0 Å². The highest BCUT2D eigenvalue weighted by atomic mass is 35.5. The first-order chi connectivity index (χ1) is 28.2. The second-order valence-corrected chi connectivity index (χ2v) is 15.1. The molecule has 8 rings (SSSR count). The van der Waals surface area contributed by atoms with Gasteiger partial charge in [0.25, 0.3) is 0 Å². The molecule has 300 valence electrons. The first kappa shape index (κ1) is 40.6. The molecule has 11 nitrogen and oxygen atoms in total. The molecule has 0 saturated carbocycles. The van der Waals surface area contributed by atoms with Gasteiger partial charge in [-0.05, 0) is 90.5 Å². The quantitative estimate of drug-likeness (QED) is 0.0871. The van der Waals surface area contributed by atoms with E-state index in [2.05, 4.69) is 15.2 Å². The molecule has 4 aromatic carbocycles. The SMILES string of the molecule is COc1ccc([C@H](Cc2c(Cl)c[nH+]cc2Cl)OC(=O)c2ccc(COC(=O)c3cccc([C@@H](NC(=O)O[C@H]4CN5CCC4CC5)c4ccccc4)c3)cc2)cc1OC. The van der Waals surface area contributed by atoms with Crippen LogP contribution in [0.15, 0.2) is 109 Å². The topological polar surface area (TPSA) is 127 Å². The Bertz CT molecular complexity index is 2210. The van der Waals surface area contributed by atoms with E-state index in [0.29, 0.717) is 60.8 Å². The van der Waals surface area contributed by atoms with Crippen molar-refractivity contribution in [3.8, 4) is 11.5 Å². The third-order valence-corrected chi connectivity index (χ3v) is 11.4. The van der Waals surface area contributed by atoms with Crippen LogP contribution in [0.4, 0.5) is 4.79 Å². The van der Waals surface area contributed by atoms with Gasteiger partial charge < -0.3 is 29.0 Å². The van der Waals surface area contributed by atoms with Gasteiger partial charge in [0, 0.05) is 18.5 Å². The Kier molecular flexibility index (Phi) is 13.1. The zero-order valence-corrected chi connectivity index (χ0v) is 33.6. The summed E-state index contributed by atoms with van der Waals surface area (Å²) in [4.78, 5) is 45.4. The number of aromatic nitrogens is 1. The Morgan fingerprint density at radius 3 is 2.16 bits per heavy atom. The summed E-state index contributed by atoms with van der Waals surface area (Å²) in [5.41, 5.74) is 4.08. The number of nitrogens with one attached hydrogen (secondary N) is 2. The number of piperidine rings is 3. The van der Waals surface area contributed by atoms with Crippen molar-refractivity contribution in [1.82, 2.24) is 10.2 Å². The highest BCUT2D eigenvalue weighted by Gasteiger charge is 2.37. The number of carbonyl (C=O) groups is 3. The molecule has 2 N–H and O–H groups in total. The molecule has 3 atom stereocenters. The smallest absolute Gasteiger partial charge is 0.408 e. The number of rotatable bonds is 14. The molecule has 13 heteroatoms. The third kappa shape index (κ3) is 9.73. The summed E-state index contributed by atoms with van der Waals surface area (Å²) in [6.45, 7) is 2.81. The molecule has 3 aliphatic heterocycles. The minimum Gasteiger partial charge on any atom is -0.493 e. The van der Waals surface area contributed by atoms with Gasteiger partial charge >= 0.3 is 18.0 Å². The maximum Gasteiger partial charge on any atom is 0.408 e. The zero-order chi connectivity index (χ0) is 40.6. The van der Waals surface area contributed by atoms with Gasteiger partial charge in [-0.3, -0.25) is 4.90 Å². The number of H-pyrrole nitrogens is 1.